The van der Waals surface area contributed by atoms with E-state index in [0.717, 1.165) is 227 Å². The molecule has 0 saturated carbocycles. The van der Waals surface area contributed by atoms with Gasteiger partial charge < -0.3 is 0 Å². The summed E-state index contributed by atoms with van der Waals surface area (Å²) in [6.07, 6.45) is 9.95. The van der Waals surface area contributed by atoms with Gasteiger partial charge in [0.1, 0.15) is 28.3 Å². The van der Waals surface area contributed by atoms with Crippen molar-refractivity contribution in [3.05, 3.63) is 486 Å². The van der Waals surface area contributed by atoms with E-state index in [4.69, 9.17) is 49.8 Å². The van der Waals surface area contributed by atoms with Crippen molar-refractivity contribution in [1.82, 2.24) is 68.0 Å². The summed E-state index contributed by atoms with van der Waals surface area (Å²) in [7, 11) is 0. The Balaban J connectivity index is 0.000000103. The maximum Gasteiger partial charge on any atom is 0.137 e. The Hall–Kier alpha value is -20.4. The van der Waals surface area contributed by atoms with E-state index >= 15 is 0 Å². The third-order valence-corrected chi connectivity index (χ3v) is 29.7. The molecule has 0 atom stereocenters. The van der Waals surface area contributed by atoms with Gasteiger partial charge in [-0.05, 0) is 218 Å². The van der Waals surface area contributed by atoms with Crippen molar-refractivity contribution in [1.29, 1.82) is 0 Å². The molecule has 149 heavy (non-hydrogen) atoms. The fourth-order valence-electron chi connectivity index (χ4n) is 22.9. The molecule has 0 amide bonds. The van der Waals surface area contributed by atoms with Crippen molar-refractivity contribution in [3.8, 4) is 101 Å². The molecule has 11 aromatic heterocycles. The lowest BCUT2D eigenvalue weighted by Crippen LogP contribution is -1.98. The first-order valence-corrected chi connectivity index (χ1v) is 50.2. The number of rotatable bonds is 9. The summed E-state index contributed by atoms with van der Waals surface area (Å²) < 4.78 is 6.65. The van der Waals surface area contributed by atoms with Crippen LogP contribution in [0, 0.1) is 0 Å². The molecule has 0 bridgehead atoms. The van der Waals surface area contributed by atoms with Gasteiger partial charge in [0, 0.05) is 96.3 Å². The average molecular weight is 1900 g/mol. The van der Waals surface area contributed by atoms with Crippen molar-refractivity contribution in [3.63, 3.8) is 0 Å². The molecule has 0 spiro atoms. The van der Waals surface area contributed by atoms with Gasteiger partial charge in [-0.2, -0.15) is 0 Å². The van der Waals surface area contributed by atoms with E-state index in [1.165, 1.54) is 75.4 Å². The minimum Gasteiger partial charge on any atom is -0.299 e. The van der Waals surface area contributed by atoms with Crippen LogP contribution in [0.4, 0.5) is 0 Å². The minimum atomic E-state index is 0.758. The second kappa shape index (κ2) is 34.2. The fourth-order valence-corrected chi connectivity index (χ4v) is 22.9. The Morgan fingerprint density at radius 1 is 0.154 bits per heavy atom. The molecule has 0 saturated heterocycles. The SMILES string of the molecule is c1ccc(-c2cc3nc(-c4ccccc4)c(-c4ccccn4)nc3cc2-c2ccc3c(c2)c2c4ccccc4ccc2c2nc4ccccn4c32)cc1.c1ccc(-c2nc3c(ccc4cc(-c5ccc6c(c5)c5c7ccccc7ccc5c5nc7ccccn7c65)ccc43)nc2-c2ccccn2)cc1.c1ccc(-c2nc3c(ccc4ccccc43)nc2-c2ccc3c(c2)c2c4ccccc4ccc2c2nc4ccccn4c32)cc1. The van der Waals surface area contributed by atoms with Gasteiger partial charge in [-0.3, -0.25) is 23.2 Å². The molecular weight excluding hydrogens is 1820 g/mol. The van der Waals surface area contributed by atoms with Gasteiger partial charge in [-0.1, -0.05) is 346 Å². The van der Waals surface area contributed by atoms with Crippen LogP contribution in [0.25, 0.3) is 303 Å². The van der Waals surface area contributed by atoms with Crippen molar-refractivity contribution < 1.29 is 0 Å². The topological polar surface area (TPSA) is 155 Å². The number of benzene rings is 21. The molecule has 0 aliphatic heterocycles. The maximum absolute atomic E-state index is 5.35. The third-order valence-electron chi connectivity index (χ3n) is 29.7. The molecule has 0 N–H and O–H groups in total. The number of nitrogens with zero attached hydrogens (tertiary/aromatic N) is 14. The zero-order chi connectivity index (χ0) is 97.8. The first-order chi connectivity index (χ1) is 73.9. The molecule has 690 valence electrons. The second-order valence-corrected chi connectivity index (χ2v) is 38.2. The van der Waals surface area contributed by atoms with Gasteiger partial charge in [0.05, 0.1) is 100 Å². The molecule has 0 aliphatic rings. The Morgan fingerprint density at radius 2 is 0.463 bits per heavy atom. The van der Waals surface area contributed by atoms with E-state index in [1.807, 2.05) is 91.1 Å². The van der Waals surface area contributed by atoms with E-state index in [1.54, 1.807) is 6.20 Å². The molecular formula is C135H80N14. The monoisotopic (exact) mass is 1900 g/mol. The molecule has 32 rings (SSSR count). The van der Waals surface area contributed by atoms with Crippen LogP contribution in [0.1, 0.15) is 0 Å². The van der Waals surface area contributed by atoms with Crippen LogP contribution in [-0.2, 0) is 0 Å². The van der Waals surface area contributed by atoms with E-state index in [0.29, 0.717) is 0 Å². The molecule has 32 aromatic rings. The third kappa shape index (κ3) is 13.8. The first-order valence-electron chi connectivity index (χ1n) is 50.2. The van der Waals surface area contributed by atoms with Crippen LogP contribution >= 0.6 is 0 Å². The first kappa shape index (κ1) is 84.3. The summed E-state index contributed by atoms with van der Waals surface area (Å²) in [6.45, 7) is 0. The second-order valence-electron chi connectivity index (χ2n) is 38.2. The summed E-state index contributed by atoms with van der Waals surface area (Å²) in [5.41, 5.74) is 31.8. The minimum absolute atomic E-state index is 0.758. The number of pyridine rings is 5. The lowest BCUT2D eigenvalue weighted by atomic mass is 9.89. The highest BCUT2D eigenvalue weighted by Gasteiger charge is 2.27. The Bertz CT molecular complexity index is 11200. The number of fused-ring (bicyclic) bond motifs is 37. The van der Waals surface area contributed by atoms with Crippen molar-refractivity contribution >= 4 is 202 Å². The average Bonchev–Trinajstić information content (AvgIpc) is 1.64. The van der Waals surface area contributed by atoms with E-state index < -0.39 is 0 Å². The van der Waals surface area contributed by atoms with E-state index in [9.17, 15) is 0 Å². The van der Waals surface area contributed by atoms with Crippen molar-refractivity contribution in [2.24, 2.45) is 0 Å². The number of hydrogen-bond donors (Lipinski definition) is 0. The summed E-state index contributed by atoms with van der Waals surface area (Å²) in [5.74, 6) is 0. The highest BCUT2D eigenvalue weighted by Crippen LogP contribution is 2.49. The van der Waals surface area contributed by atoms with Crippen LogP contribution in [-0.4, -0.2) is 68.0 Å². The van der Waals surface area contributed by atoms with Crippen LogP contribution in [0.2, 0.25) is 0 Å². The lowest BCUT2D eigenvalue weighted by molar-refractivity contribution is 1.23. The maximum atomic E-state index is 5.35. The quantitative estimate of drug-likeness (QED) is 0.127. The van der Waals surface area contributed by atoms with E-state index in [2.05, 4.69) is 407 Å². The number of hydrogen-bond acceptors (Lipinski definition) is 11. The van der Waals surface area contributed by atoms with E-state index in [-0.39, 0.29) is 0 Å². The molecule has 0 unspecified atom stereocenters. The van der Waals surface area contributed by atoms with Gasteiger partial charge in [0.15, 0.2) is 0 Å². The van der Waals surface area contributed by atoms with Crippen LogP contribution in [0.5, 0.6) is 0 Å². The standard InChI is InChI=1S/C48H29N5.C46H27N5.C41H24N4/c1-3-13-30(14-4-1)37-28-41-42(51-47(40-19-9-11-25-49-40)45(50-41)32-16-5-2-6-17-32)29-38(37)33-22-23-35-39(27-33)44-34-18-8-7-15-31(34)21-24-36(44)46-48(35)53-26-12-10-20-43(53)52-46;1-2-11-29(12-3-1)42-45(38-14-6-8-24-47-38)48-39-23-19-32-26-30(17-20-34(32)43(39)50-42)31-18-21-35-37(27-31)41-33-13-5-4-10-28(33)16-22-36(41)44-46(35)51-25-9-7-15-40(51)49-44;1-2-12-27(13-3-1)37-38(42-34-22-19-26-11-5-7-15-30(26)39(34)44-37)28-18-20-31-33(24-28)36-29-14-6-4-10-25(29)17-21-32(36)40-41(31)45-23-9-8-16-35(45)43-40/h1-29H;1-27H;1-24H. The fraction of sp³-hybridized carbons (Fsp3) is 0. The predicted molar refractivity (Wildman–Crippen MR) is 614 cm³/mol. The molecule has 0 fully saturated rings. The molecule has 0 radical (unpaired) electrons. The van der Waals surface area contributed by atoms with Crippen LogP contribution in [0.3, 0.4) is 0 Å². The summed E-state index contributed by atoms with van der Waals surface area (Å²) in [6, 6.07) is 160. The Labute approximate surface area is 850 Å². The van der Waals surface area contributed by atoms with Crippen LogP contribution < -0.4 is 0 Å². The molecule has 21 aromatic carbocycles. The lowest BCUT2D eigenvalue weighted by Gasteiger charge is -2.16. The summed E-state index contributed by atoms with van der Waals surface area (Å²) in [4.78, 5) is 56.6. The van der Waals surface area contributed by atoms with Crippen LogP contribution in [0.15, 0.2) is 486 Å². The van der Waals surface area contributed by atoms with Gasteiger partial charge in [0.2, 0.25) is 0 Å². The zero-order valence-electron chi connectivity index (χ0n) is 79.9. The zero-order valence-corrected chi connectivity index (χ0v) is 79.9. The molecule has 11 heterocycles. The molecule has 14 heteroatoms. The normalized spacial score (nSPS) is 11.9. The van der Waals surface area contributed by atoms with Gasteiger partial charge in [0.25, 0.3) is 0 Å². The largest absolute Gasteiger partial charge is 0.299 e. The number of aromatic nitrogens is 14. The van der Waals surface area contributed by atoms with Gasteiger partial charge >= 0.3 is 0 Å². The summed E-state index contributed by atoms with van der Waals surface area (Å²) >= 11 is 0. The number of imidazole rings is 3. The summed E-state index contributed by atoms with van der Waals surface area (Å²) in [5, 5.41) is 26.0. The highest BCUT2D eigenvalue weighted by atomic mass is 15.0. The Morgan fingerprint density at radius 3 is 0.919 bits per heavy atom. The van der Waals surface area contributed by atoms with Crippen molar-refractivity contribution in [2.45, 2.75) is 0 Å². The van der Waals surface area contributed by atoms with Gasteiger partial charge in [-0.25, -0.2) is 44.9 Å². The Kier molecular flexibility index (Phi) is 19.4. The molecule has 14 nitrogen and oxygen atoms in total. The molecule has 0 aliphatic carbocycles. The highest BCUT2D eigenvalue weighted by molar-refractivity contribution is 6.34. The smallest absolute Gasteiger partial charge is 0.137 e. The van der Waals surface area contributed by atoms with Gasteiger partial charge in [-0.15, -0.1) is 0 Å². The van der Waals surface area contributed by atoms with Crippen molar-refractivity contribution in [2.75, 3.05) is 0 Å². The predicted octanol–water partition coefficient (Wildman–Crippen LogP) is 33.8.